The van der Waals surface area contributed by atoms with Crippen LogP contribution in [0.5, 0.6) is 0 Å². The van der Waals surface area contributed by atoms with Crippen LogP contribution >= 0.6 is 0 Å². The van der Waals surface area contributed by atoms with E-state index in [2.05, 4.69) is 0 Å². The van der Waals surface area contributed by atoms with E-state index < -0.39 is 18.2 Å². The third-order valence-corrected chi connectivity index (χ3v) is 4.00. The molecular formula is C21H27NO3. The van der Waals surface area contributed by atoms with E-state index in [0.29, 0.717) is 19.5 Å². The molecule has 134 valence electrons. The normalized spacial score (nSPS) is 14.9. The molecule has 25 heavy (non-hydrogen) atoms. The maximum atomic E-state index is 13.1. The Bertz CT molecular complexity index is 631. The van der Waals surface area contributed by atoms with Gasteiger partial charge in [-0.1, -0.05) is 60.7 Å². The highest BCUT2D eigenvalue weighted by molar-refractivity contribution is 5.87. The molecule has 0 saturated carbocycles. The summed E-state index contributed by atoms with van der Waals surface area (Å²) >= 11 is 0. The predicted octanol–water partition coefficient (Wildman–Crippen LogP) is 2.60. The number of aliphatic hydroxyl groups is 2. The Kier molecular flexibility index (Phi) is 7.31. The van der Waals surface area contributed by atoms with Crippen LogP contribution in [-0.2, 0) is 11.2 Å². The van der Waals surface area contributed by atoms with Gasteiger partial charge in [-0.3, -0.25) is 9.69 Å². The quantitative estimate of drug-likeness (QED) is 0.736. The van der Waals surface area contributed by atoms with Gasteiger partial charge in [0.2, 0.25) is 0 Å². The van der Waals surface area contributed by atoms with Crippen LogP contribution in [-0.4, -0.2) is 46.2 Å². The van der Waals surface area contributed by atoms with Gasteiger partial charge in [-0.25, -0.2) is 0 Å². The molecule has 2 N–H and O–H groups in total. The molecule has 4 nitrogen and oxygen atoms in total. The minimum atomic E-state index is -0.588. The molecule has 0 aliphatic rings. The molecule has 0 radical (unpaired) electrons. The predicted molar refractivity (Wildman–Crippen MR) is 99.3 cm³/mol. The third kappa shape index (κ3) is 6.09. The van der Waals surface area contributed by atoms with Gasteiger partial charge in [0.15, 0.2) is 5.78 Å². The van der Waals surface area contributed by atoms with Gasteiger partial charge in [0.25, 0.3) is 0 Å². The Morgan fingerprint density at radius 3 is 1.84 bits per heavy atom. The van der Waals surface area contributed by atoms with Gasteiger partial charge in [0.1, 0.15) is 0 Å². The summed E-state index contributed by atoms with van der Waals surface area (Å²) in [5.74, 6) is 0.0544. The molecule has 0 aliphatic heterocycles. The third-order valence-electron chi connectivity index (χ3n) is 4.00. The highest BCUT2D eigenvalue weighted by atomic mass is 16.3. The molecule has 0 heterocycles. The van der Waals surface area contributed by atoms with Crippen molar-refractivity contribution in [2.75, 3.05) is 13.1 Å². The van der Waals surface area contributed by atoms with E-state index in [1.54, 1.807) is 13.8 Å². The van der Waals surface area contributed by atoms with Crippen LogP contribution in [0.3, 0.4) is 0 Å². The number of aliphatic hydroxyl groups excluding tert-OH is 2. The number of hydrogen-bond donors (Lipinski definition) is 2. The highest BCUT2D eigenvalue weighted by Crippen LogP contribution is 2.24. The van der Waals surface area contributed by atoms with E-state index in [9.17, 15) is 15.0 Å². The van der Waals surface area contributed by atoms with Gasteiger partial charge in [-0.2, -0.15) is 0 Å². The summed E-state index contributed by atoms with van der Waals surface area (Å²) in [7, 11) is 0. The van der Waals surface area contributed by atoms with Gasteiger partial charge in [-0.15, -0.1) is 0 Å². The molecule has 3 atom stereocenters. The number of carbonyl (C=O) groups excluding carboxylic acids is 1. The lowest BCUT2D eigenvalue weighted by atomic mass is 9.95. The summed E-state index contributed by atoms with van der Waals surface area (Å²) in [6.45, 7) is 4.04. The summed E-state index contributed by atoms with van der Waals surface area (Å²) in [6.07, 6.45) is -0.861. The van der Waals surface area contributed by atoms with Crippen molar-refractivity contribution in [2.24, 2.45) is 0 Å². The van der Waals surface area contributed by atoms with Crippen molar-refractivity contribution in [3.05, 3.63) is 71.8 Å². The number of hydrogen-bond acceptors (Lipinski definition) is 4. The monoisotopic (exact) mass is 341 g/mol. The van der Waals surface area contributed by atoms with Crippen LogP contribution in [0, 0.1) is 0 Å². The fourth-order valence-corrected chi connectivity index (χ4v) is 3.09. The van der Waals surface area contributed by atoms with Crippen LogP contribution in [0.15, 0.2) is 60.7 Å². The van der Waals surface area contributed by atoms with Crippen molar-refractivity contribution >= 4 is 5.78 Å². The standard InChI is InChI=1S/C21H27NO3/c1-16(23)14-22(15-17(2)24)21(19-11-7-4-8-12-19)20(25)13-18-9-5-3-6-10-18/h3-12,16-17,21,23-24H,13-15H2,1-2H3. The second-order valence-electron chi connectivity index (χ2n) is 6.59. The van der Waals surface area contributed by atoms with Crippen molar-refractivity contribution in [2.45, 2.75) is 38.5 Å². The molecule has 0 spiro atoms. The van der Waals surface area contributed by atoms with Crippen LogP contribution in [0.4, 0.5) is 0 Å². The summed E-state index contributed by atoms with van der Waals surface area (Å²) in [6, 6.07) is 18.7. The lowest BCUT2D eigenvalue weighted by molar-refractivity contribution is -0.125. The number of rotatable bonds is 9. The molecule has 0 amide bonds. The van der Waals surface area contributed by atoms with E-state index in [4.69, 9.17) is 0 Å². The summed E-state index contributed by atoms with van der Waals surface area (Å²) < 4.78 is 0. The molecule has 0 fully saturated rings. The number of benzene rings is 2. The second kappa shape index (κ2) is 9.47. The maximum absolute atomic E-state index is 13.1. The number of carbonyl (C=O) groups is 1. The van der Waals surface area contributed by atoms with Gasteiger partial charge in [0, 0.05) is 19.5 Å². The first-order valence-corrected chi connectivity index (χ1v) is 8.69. The van der Waals surface area contributed by atoms with E-state index in [-0.39, 0.29) is 5.78 Å². The lowest BCUT2D eigenvalue weighted by Crippen LogP contribution is -2.42. The summed E-state index contributed by atoms with van der Waals surface area (Å²) in [4.78, 5) is 15.0. The van der Waals surface area contributed by atoms with Crippen LogP contribution < -0.4 is 0 Å². The van der Waals surface area contributed by atoms with Crippen molar-refractivity contribution in [3.8, 4) is 0 Å². The average Bonchev–Trinajstić information content (AvgIpc) is 2.55. The smallest absolute Gasteiger partial charge is 0.158 e. The van der Waals surface area contributed by atoms with Crippen LogP contribution in [0.25, 0.3) is 0 Å². The molecule has 2 aromatic carbocycles. The van der Waals surface area contributed by atoms with E-state index in [1.807, 2.05) is 65.6 Å². The Hall–Kier alpha value is -2.01. The van der Waals surface area contributed by atoms with Crippen molar-refractivity contribution in [1.29, 1.82) is 0 Å². The minimum Gasteiger partial charge on any atom is -0.392 e. The Morgan fingerprint density at radius 1 is 0.880 bits per heavy atom. The SMILES string of the molecule is CC(O)CN(CC(C)O)C(C(=O)Cc1ccccc1)c1ccccc1. The molecule has 0 bridgehead atoms. The molecule has 0 saturated heterocycles. The molecule has 0 aliphatic carbocycles. The van der Waals surface area contributed by atoms with Crippen molar-refractivity contribution in [1.82, 2.24) is 4.90 Å². The zero-order chi connectivity index (χ0) is 18.2. The van der Waals surface area contributed by atoms with Crippen LogP contribution in [0.2, 0.25) is 0 Å². The molecule has 2 rings (SSSR count). The number of ketones is 1. The lowest BCUT2D eigenvalue weighted by Gasteiger charge is -2.33. The van der Waals surface area contributed by atoms with E-state index in [0.717, 1.165) is 11.1 Å². The van der Waals surface area contributed by atoms with E-state index in [1.165, 1.54) is 0 Å². The van der Waals surface area contributed by atoms with Gasteiger partial charge >= 0.3 is 0 Å². The first-order chi connectivity index (χ1) is 12.0. The van der Waals surface area contributed by atoms with Gasteiger partial charge in [-0.05, 0) is 25.0 Å². The topological polar surface area (TPSA) is 60.8 Å². The molecular weight excluding hydrogens is 314 g/mol. The Morgan fingerprint density at radius 2 is 1.36 bits per heavy atom. The van der Waals surface area contributed by atoms with Gasteiger partial charge < -0.3 is 10.2 Å². The molecule has 3 unspecified atom stereocenters. The second-order valence-corrected chi connectivity index (χ2v) is 6.59. The summed E-state index contributed by atoms with van der Waals surface area (Å²) in [5.41, 5.74) is 1.84. The number of Topliss-reactive ketones (excluding diaryl/α,β-unsaturated/α-hetero) is 1. The zero-order valence-corrected chi connectivity index (χ0v) is 14.9. The highest BCUT2D eigenvalue weighted by Gasteiger charge is 2.29. The minimum absolute atomic E-state index is 0.0544. The maximum Gasteiger partial charge on any atom is 0.158 e. The fraction of sp³-hybridized carbons (Fsp3) is 0.381. The van der Waals surface area contributed by atoms with Gasteiger partial charge in [0.05, 0.1) is 18.2 Å². The largest absolute Gasteiger partial charge is 0.392 e. The molecule has 0 aromatic heterocycles. The zero-order valence-electron chi connectivity index (χ0n) is 14.9. The molecule has 2 aromatic rings. The number of nitrogens with zero attached hydrogens (tertiary/aromatic N) is 1. The Labute approximate surface area is 149 Å². The van der Waals surface area contributed by atoms with E-state index >= 15 is 0 Å². The first kappa shape index (κ1) is 19.3. The van der Waals surface area contributed by atoms with Crippen molar-refractivity contribution in [3.63, 3.8) is 0 Å². The first-order valence-electron chi connectivity index (χ1n) is 8.69. The Balaban J connectivity index is 2.32. The molecule has 4 heteroatoms. The van der Waals surface area contributed by atoms with Crippen LogP contribution in [0.1, 0.15) is 31.0 Å². The summed E-state index contributed by atoms with van der Waals surface area (Å²) in [5, 5.41) is 19.7. The van der Waals surface area contributed by atoms with Crippen molar-refractivity contribution < 1.29 is 15.0 Å². The average molecular weight is 341 g/mol. The fourth-order valence-electron chi connectivity index (χ4n) is 3.09.